The van der Waals surface area contributed by atoms with Gasteiger partial charge in [0.1, 0.15) is 48.8 Å². The lowest BCUT2D eigenvalue weighted by molar-refractivity contribution is -0.359. The minimum atomic E-state index is -1.79. The Hall–Kier alpha value is -1.79. The Balaban J connectivity index is 1.67. The number of hydrogen-bond acceptors (Lipinski definition) is 13. The molecule has 12 unspecified atom stereocenters. The fourth-order valence-corrected chi connectivity index (χ4v) is 10.3. The Kier molecular flexibility index (Phi) is 44.4. The minimum Gasteiger partial charge on any atom is -0.394 e. The summed E-state index contributed by atoms with van der Waals surface area (Å²) >= 11 is 0. The first kappa shape index (κ1) is 70.3. The number of nitrogens with one attached hydrogen (secondary N) is 1. The second kappa shape index (κ2) is 48.0. The van der Waals surface area contributed by atoms with Crippen LogP contribution in [-0.4, -0.2) is 140 Å². The third kappa shape index (κ3) is 33.1. The second-order valence-electron chi connectivity index (χ2n) is 22.2. The summed E-state index contributed by atoms with van der Waals surface area (Å²) < 4.78 is 22.7. The van der Waals surface area contributed by atoms with E-state index in [4.69, 9.17) is 18.9 Å². The summed E-state index contributed by atoms with van der Waals surface area (Å²) in [6, 6.07) is -0.935. The van der Waals surface area contributed by atoms with Crippen molar-refractivity contribution in [2.75, 3.05) is 19.8 Å². The Morgan fingerprint density at radius 2 is 0.842 bits per heavy atom. The molecule has 14 nitrogen and oxygen atoms in total. The van der Waals surface area contributed by atoms with Crippen LogP contribution in [0, 0.1) is 0 Å². The van der Waals surface area contributed by atoms with Crippen LogP contribution in [-0.2, 0) is 23.7 Å². The predicted octanol–water partition coefficient (Wildman–Crippen LogP) is 11.0. The Morgan fingerprint density at radius 3 is 1.29 bits per heavy atom. The van der Waals surface area contributed by atoms with E-state index in [1.54, 1.807) is 6.08 Å². The number of unbranched alkanes of at least 4 members (excludes halogenated alkanes) is 33. The molecule has 14 heteroatoms. The number of carbonyl (C=O) groups is 1. The summed E-state index contributed by atoms with van der Waals surface area (Å²) in [6.45, 7) is 2.76. The van der Waals surface area contributed by atoms with E-state index in [-0.39, 0.29) is 18.9 Å². The molecule has 0 spiro atoms. The number of amides is 1. The number of aliphatic hydroxyl groups excluding tert-OH is 8. The average Bonchev–Trinajstić information content (AvgIpc) is 3.42. The zero-order chi connectivity index (χ0) is 55.3. The summed E-state index contributed by atoms with van der Waals surface area (Å²) in [5, 5.41) is 87.0. The van der Waals surface area contributed by atoms with Gasteiger partial charge in [0.2, 0.25) is 5.91 Å². The smallest absolute Gasteiger partial charge is 0.220 e. The average molecular weight is 1080 g/mol. The molecule has 2 aliphatic heterocycles. The van der Waals surface area contributed by atoms with Crippen molar-refractivity contribution < 1.29 is 64.6 Å². The quantitative estimate of drug-likeness (QED) is 0.0204. The zero-order valence-electron chi connectivity index (χ0n) is 48.0. The number of rotatable bonds is 50. The van der Waals surface area contributed by atoms with Gasteiger partial charge in [-0.15, -0.1) is 0 Å². The first-order valence-electron chi connectivity index (χ1n) is 31.2. The first-order chi connectivity index (χ1) is 37.1. The summed E-state index contributed by atoms with van der Waals surface area (Å²) in [6.07, 6.45) is 42.1. The van der Waals surface area contributed by atoms with Gasteiger partial charge in [-0.05, 0) is 44.9 Å². The van der Waals surface area contributed by atoms with Crippen LogP contribution in [0.2, 0.25) is 0 Å². The van der Waals surface area contributed by atoms with Gasteiger partial charge in [-0.3, -0.25) is 4.79 Å². The highest BCUT2D eigenvalue weighted by Crippen LogP contribution is 2.30. The van der Waals surface area contributed by atoms with Crippen LogP contribution in [0.1, 0.15) is 258 Å². The first-order valence-corrected chi connectivity index (χ1v) is 31.2. The van der Waals surface area contributed by atoms with Crippen molar-refractivity contribution in [2.45, 2.75) is 331 Å². The summed E-state index contributed by atoms with van der Waals surface area (Å²) in [5.74, 6) is -0.250. The summed E-state index contributed by atoms with van der Waals surface area (Å²) in [5.41, 5.74) is 0. The van der Waals surface area contributed by atoms with Crippen LogP contribution in [0.4, 0.5) is 0 Å². The van der Waals surface area contributed by atoms with E-state index >= 15 is 0 Å². The maximum atomic E-state index is 13.2. The van der Waals surface area contributed by atoms with Gasteiger partial charge < -0.3 is 65.1 Å². The van der Waals surface area contributed by atoms with Crippen LogP contribution >= 0.6 is 0 Å². The normalized spacial score (nSPS) is 25.1. The highest BCUT2D eigenvalue weighted by molar-refractivity contribution is 5.76. The van der Waals surface area contributed by atoms with Gasteiger partial charge >= 0.3 is 0 Å². The SMILES string of the molecule is CCCCC/C=C/CC/C=C/CC/C=C/C(O)C(COC1OC(CO)C(OC2OC(CO)C(O)C(O)C2O)C(O)C1O)NC(=O)CCCCCCCCCCCCCCCCCCCCCCCCCCCCCCC. The van der Waals surface area contributed by atoms with Crippen molar-refractivity contribution >= 4 is 5.91 Å². The van der Waals surface area contributed by atoms with Gasteiger partial charge in [0.05, 0.1) is 32.0 Å². The molecule has 2 rings (SSSR count). The highest BCUT2D eigenvalue weighted by Gasteiger charge is 2.51. The van der Waals surface area contributed by atoms with E-state index in [2.05, 4.69) is 43.5 Å². The number of aliphatic hydroxyl groups is 8. The molecule has 1 amide bonds. The lowest BCUT2D eigenvalue weighted by Gasteiger charge is -2.46. The number of allylic oxidation sites excluding steroid dienone is 5. The van der Waals surface area contributed by atoms with E-state index in [0.717, 1.165) is 44.9 Å². The third-order valence-electron chi connectivity index (χ3n) is 15.3. The Labute approximate surface area is 461 Å². The molecule has 0 saturated carbocycles. The monoisotopic (exact) mass is 1080 g/mol. The molecule has 9 N–H and O–H groups in total. The molecule has 12 atom stereocenters. The van der Waals surface area contributed by atoms with Crippen LogP contribution in [0.5, 0.6) is 0 Å². The number of carbonyl (C=O) groups excluding carboxylic acids is 1. The lowest BCUT2D eigenvalue weighted by atomic mass is 9.97. The topological polar surface area (TPSA) is 228 Å². The van der Waals surface area contributed by atoms with Crippen LogP contribution in [0.25, 0.3) is 0 Å². The van der Waals surface area contributed by atoms with E-state index < -0.39 is 86.8 Å². The van der Waals surface area contributed by atoms with Gasteiger partial charge in [-0.1, -0.05) is 243 Å². The molecule has 2 saturated heterocycles. The van der Waals surface area contributed by atoms with Gasteiger partial charge in [0.25, 0.3) is 0 Å². The third-order valence-corrected chi connectivity index (χ3v) is 15.3. The fraction of sp³-hybridized carbons (Fsp3) is 0.887. The number of ether oxygens (including phenoxy) is 4. The van der Waals surface area contributed by atoms with Gasteiger partial charge in [-0.25, -0.2) is 0 Å². The Morgan fingerprint density at radius 1 is 0.461 bits per heavy atom. The largest absolute Gasteiger partial charge is 0.394 e. The van der Waals surface area contributed by atoms with E-state index in [1.165, 1.54) is 180 Å². The van der Waals surface area contributed by atoms with Crippen LogP contribution < -0.4 is 5.32 Å². The van der Waals surface area contributed by atoms with E-state index in [0.29, 0.717) is 12.8 Å². The molecule has 0 aliphatic carbocycles. The molecule has 76 heavy (non-hydrogen) atoms. The van der Waals surface area contributed by atoms with Crippen molar-refractivity contribution in [3.05, 3.63) is 36.5 Å². The molecule has 2 fully saturated rings. The zero-order valence-corrected chi connectivity index (χ0v) is 48.0. The Bertz CT molecular complexity index is 1410. The molecule has 2 aliphatic rings. The van der Waals surface area contributed by atoms with Crippen molar-refractivity contribution in [1.29, 1.82) is 0 Å². The van der Waals surface area contributed by atoms with E-state index in [1.807, 2.05) is 6.08 Å². The molecule has 446 valence electrons. The molecule has 0 aromatic rings. The second-order valence-corrected chi connectivity index (χ2v) is 22.2. The van der Waals surface area contributed by atoms with Gasteiger partial charge in [0, 0.05) is 6.42 Å². The van der Waals surface area contributed by atoms with Crippen molar-refractivity contribution in [1.82, 2.24) is 5.32 Å². The fourth-order valence-electron chi connectivity index (χ4n) is 10.3. The molecular weight excluding hydrogens is 967 g/mol. The maximum Gasteiger partial charge on any atom is 0.220 e. The summed E-state index contributed by atoms with van der Waals surface area (Å²) in [4.78, 5) is 13.2. The molecule has 0 aromatic carbocycles. The van der Waals surface area contributed by atoms with Crippen molar-refractivity contribution in [2.24, 2.45) is 0 Å². The van der Waals surface area contributed by atoms with E-state index in [9.17, 15) is 45.6 Å². The molecule has 0 aromatic heterocycles. The van der Waals surface area contributed by atoms with Gasteiger partial charge in [-0.2, -0.15) is 0 Å². The maximum absolute atomic E-state index is 13.2. The minimum absolute atomic E-state index is 0.250. The highest BCUT2D eigenvalue weighted by atomic mass is 16.7. The van der Waals surface area contributed by atoms with Crippen molar-refractivity contribution in [3.63, 3.8) is 0 Å². The lowest BCUT2D eigenvalue weighted by Crippen LogP contribution is -2.65. The molecule has 0 bridgehead atoms. The molecule has 2 heterocycles. The summed E-state index contributed by atoms with van der Waals surface area (Å²) in [7, 11) is 0. The predicted molar refractivity (Wildman–Crippen MR) is 305 cm³/mol. The van der Waals surface area contributed by atoms with Crippen molar-refractivity contribution in [3.8, 4) is 0 Å². The van der Waals surface area contributed by atoms with Crippen LogP contribution in [0.3, 0.4) is 0 Å². The number of hydrogen-bond donors (Lipinski definition) is 9. The van der Waals surface area contributed by atoms with Crippen LogP contribution in [0.15, 0.2) is 36.5 Å². The van der Waals surface area contributed by atoms with Gasteiger partial charge in [0.15, 0.2) is 12.6 Å². The molecular formula is C62H115NO13. The standard InChI is InChI=1S/C62H115NO13/c1-3-5-7-9-11-13-15-17-18-19-20-21-22-23-24-25-26-27-28-29-30-31-32-34-36-38-40-42-44-46-54(67)63-50(51(66)45-43-41-39-37-35-33-16-14-12-10-8-6-4-2)49-73-61-59(72)57(70)60(53(48-65)75-61)76-62-58(71)56(69)55(68)52(47-64)74-62/h12,14,35,37,43,45,50-53,55-62,64-66,68-72H,3-11,13,15-34,36,38-42,44,46-49H2,1-2H3,(H,63,67)/b14-12+,37-35+,45-43+. The molecule has 0 radical (unpaired) electrons.